The van der Waals surface area contributed by atoms with Gasteiger partial charge in [0, 0.05) is 17.7 Å². The summed E-state index contributed by atoms with van der Waals surface area (Å²) in [6.07, 6.45) is 3.09. The highest BCUT2D eigenvalue weighted by molar-refractivity contribution is 7.16. The third-order valence-electron chi connectivity index (χ3n) is 4.69. The molecule has 0 fully saturated rings. The first-order chi connectivity index (χ1) is 15.4. The van der Waals surface area contributed by atoms with Crippen LogP contribution in [0.1, 0.15) is 36.5 Å². The Morgan fingerprint density at radius 2 is 2.00 bits per heavy atom. The first-order valence-corrected chi connectivity index (χ1v) is 10.9. The molecule has 0 unspecified atom stereocenters. The van der Waals surface area contributed by atoms with Gasteiger partial charge in [-0.25, -0.2) is 0 Å². The van der Waals surface area contributed by atoms with E-state index in [4.69, 9.17) is 9.47 Å². The number of fused-ring (bicyclic) bond motifs is 1. The van der Waals surface area contributed by atoms with E-state index in [-0.39, 0.29) is 17.0 Å². The summed E-state index contributed by atoms with van der Waals surface area (Å²) < 4.78 is 12.5. The zero-order valence-electron chi connectivity index (χ0n) is 17.8. The topological polar surface area (TPSA) is 113 Å². The van der Waals surface area contributed by atoms with Gasteiger partial charge in [-0.2, -0.15) is 4.99 Å². The fourth-order valence-corrected chi connectivity index (χ4v) is 4.02. The van der Waals surface area contributed by atoms with Crippen LogP contribution in [0.4, 0.5) is 5.69 Å². The molecule has 3 aromatic rings. The lowest BCUT2D eigenvalue weighted by Gasteiger charge is -2.06. The molecule has 3 rings (SSSR count). The Bertz CT molecular complexity index is 1210. The number of hydrogen-bond acceptors (Lipinski definition) is 7. The van der Waals surface area contributed by atoms with Gasteiger partial charge in [0.1, 0.15) is 12.3 Å². The number of unbranched alkanes of at least 4 members (excludes halogenated alkanes) is 2. The van der Waals surface area contributed by atoms with Crippen LogP contribution in [0.3, 0.4) is 0 Å². The second kappa shape index (κ2) is 10.7. The van der Waals surface area contributed by atoms with E-state index in [1.807, 2.05) is 0 Å². The van der Waals surface area contributed by atoms with E-state index >= 15 is 0 Å². The number of nitrogens with zero attached hydrogens (tertiary/aromatic N) is 3. The molecule has 168 valence electrons. The van der Waals surface area contributed by atoms with Crippen molar-refractivity contribution < 1.29 is 24.0 Å². The van der Waals surface area contributed by atoms with Gasteiger partial charge in [0.25, 0.3) is 11.6 Å². The molecule has 10 heteroatoms. The number of carbonyl (C=O) groups is 2. The van der Waals surface area contributed by atoms with Crippen LogP contribution in [-0.2, 0) is 16.1 Å². The van der Waals surface area contributed by atoms with Crippen LogP contribution >= 0.6 is 11.3 Å². The molecule has 0 atom stereocenters. The molecule has 0 aliphatic heterocycles. The first kappa shape index (κ1) is 23.1. The number of hydrogen-bond donors (Lipinski definition) is 0. The summed E-state index contributed by atoms with van der Waals surface area (Å²) in [7, 11) is 1.24. The Morgan fingerprint density at radius 3 is 2.72 bits per heavy atom. The highest BCUT2D eigenvalue weighted by atomic mass is 32.1. The molecule has 9 nitrogen and oxygen atoms in total. The number of esters is 1. The van der Waals surface area contributed by atoms with Crippen molar-refractivity contribution in [2.75, 3.05) is 13.7 Å². The monoisotopic (exact) mass is 457 g/mol. The number of amides is 1. The Labute approximate surface area is 188 Å². The minimum Gasteiger partial charge on any atom is -0.494 e. The summed E-state index contributed by atoms with van der Waals surface area (Å²) in [5, 5.41) is 11.2. The van der Waals surface area contributed by atoms with Crippen molar-refractivity contribution in [1.82, 2.24) is 4.57 Å². The van der Waals surface area contributed by atoms with Crippen molar-refractivity contribution in [3.63, 3.8) is 0 Å². The predicted octanol–water partition coefficient (Wildman–Crippen LogP) is 4.09. The Hall–Kier alpha value is -3.53. The number of carbonyl (C=O) groups excluding carboxylic acids is 2. The summed E-state index contributed by atoms with van der Waals surface area (Å²) in [5.41, 5.74) is 0.639. The quantitative estimate of drug-likeness (QED) is 0.207. The van der Waals surface area contributed by atoms with E-state index in [9.17, 15) is 19.7 Å². The Balaban J connectivity index is 1.98. The predicted molar refractivity (Wildman–Crippen MR) is 120 cm³/mol. The molecule has 0 saturated heterocycles. The van der Waals surface area contributed by atoms with Crippen LogP contribution in [-0.4, -0.2) is 35.1 Å². The van der Waals surface area contributed by atoms with E-state index in [1.54, 1.807) is 30.3 Å². The lowest BCUT2D eigenvalue weighted by atomic mass is 10.2. The van der Waals surface area contributed by atoms with Gasteiger partial charge in [-0.05, 0) is 30.7 Å². The van der Waals surface area contributed by atoms with Gasteiger partial charge in [0.15, 0.2) is 4.80 Å². The van der Waals surface area contributed by atoms with Crippen LogP contribution in [0.5, 0.6) is 5.75 Å². The number of benzene rings is 2. The number of thiazole rings is 1. The number of nitro groups is 1. The van der Waals surface area contributed by atoms with Gasteiger partial charge in [0.05, 0.1) is 28.9 Å². The molecule has 0 bridgehead atoms. The van der Waals surface area contributed by atoms with Crippen molar-refractivity contribution in [3.05, 3.63) is 62.9 Å². The summed E-state index contributed by atoms with van der Waals surface area (Å²) in [4.78, 5) is 39.8. The summed E-state index contributed by atoms with van der Waals surface area (Å²) in [6, 6.07) is 11.0. The number of rotatable bonds is 9. The molecule has 1 heterocycles. The molecule has 2 aromatic carbocycles. The summed E-state index contributed by atoms with van der Waals surface area (Å²) in [5.74, 6) is -0.493. The fourth-order valence-electron chi connectivity index (χ4n) is 3.02. The van der Waals surface area contributed by atoms with Crippen LogP contribution < -0.4 is 9.54 Å². The second-order valence-corrected chi connectivity index (χ2v) is 7.97. The first-order valence-electron chi connectivity index (χ1n) is 10.1. The molecular formula is C22H23N3O6S. The smallest absolute Gasteiger partial charge is 0.325 e. The number of aromatic nitrogens is 1. The van der Waals surface area contributed by atoms with Gasteiger partial charge < -0.3 is 14.0 Å². The van der Waals surface area contributed by atoms with Crippen molar-refractivity contribution in [2.45, 2.75) is 32.7 Å². The van der Waals surface area contributed by atoms with E-state index < -0.39 is 16.8 Å². The average molecular weight is 458 g/mol. The van der Waals surface area contributed by atoms with E-state index in [0.717, 1.165) is 30.6 Å². The minimum absolute atomic E-state index is 0.125. The van der Waals surface area contributed by atoms with E-state index in [1.165, 1.54) is 23.8 Å². The minimum atomic E-state index is -0.562. The van der Waals surface area contributed by atoms with Crippen LogP contribution in [0.15, 0.2) is 47.5 Å². The number of ether oxygens (including phenoxy) is 2. The van der Waals surface area contributed by atoms with Crippen LogP contribution in [0.25, 0.3) is 10.2 Å². The van der Waals surface area contributed by atoms with Gasteiger partial charge in [-0.15, -0.1) is 0 Å². The number of nitro benzene ring substituents is 1. The van der Waals surface area contributed by atoms with Crippen molar-refractivity contribution in [2.24, 2.45) is 4.99 Å². The molecule has 0 saturated carbocycles. The molecule has 0 N–H and O–H groups in total. The number of non-ortho nitro benzene ring substituents is 1. The Morgan fingerprint density at radius 1 is 1.19 bits per heavy atom. The third kappa shape index (κ3) is 5.58. The van der Waals surface area contributed by atoms with E-state index in [2.05, 4.69) is 11.9 Å². The highest BCUT2D eigenvalue weighted by Gasteiger charge is 2.16. The standard InChI is InChI=1S/C22H23N3O6S/c1-3-4-5-11-31-17-8-6-7-15(12-17)21(27)23-22-24(14-20(26)30-2)18-13-16(25(28)29)9-10-19(18)32-22/h6-10,12-13H,3-5,11,14H2,1-2H3. The maximum Gasteiger partial charge on any atom is 0.325 e. The molecule has 1 aromatic heterocycles. The normalized spacial score (nSPS) is 11.5. The molecule has 0 aliphatic rings. The lowest BCUT2D eigenvalue weighted by Crippen LogP contribution is -2.22. The molecular weight excluding hydrogens is 434 g/mol. The van der Waals surface area contributed by atoms with E-state index in [0.29, 0.717) is 28.1 Å². The summed E-state index contributed by atoms with van der Waals surface area (Å²) >= 11 is 1.16. The third-order valence-corrected chi connectivity index (χ3v) is 5.75. The van der Waals surface area contributed by atoms with Gasteiger partial charge in [-0.1, -0.05) is 37.2 Å². The van der Waals surface area contributed by atoms with Crippen molar-refractivity contribution in [1.29, 1.82) is 0 Å². The molecule has 0 aliphatic carbocycles. The second-order valence-electron chi connectivity index (χ2n) is 6.96. The molecule has 32 heavy (non-hydrogen) atoms. The summed E-state index contributed by atoms with van der Waals surface area (Å²) in [6.45, 7) is 2.45. The SMILES string of the molecule is CCCCCOc1cccc(C(=O)N=c2sc3ccc([N+](=O)[O-])cc3n2CC(=O)OC)c1. The zero-order valence-corrected chi connectivity index (χ0v) is 18.6. The highest BCUT2D eigenvalue weighted by Crippen LogP contribution is 2.23. The molecule has 0 radical (unpaired) electrons. The fraction of sp³-hybridized carbons (Fsp3) is 0.318. The maximum absolute atomic E-state index is 12.8. The van der Waals surface area contributed by atoms with Gasteiger partial charge >= 0.3 is 5.97 Å². The maximum atomic E-state index is 12.8. The van der Waals surface area contributed by atoms with Crippen molar-refractivity contribution in [3.8, 4) is 5.75 Å². The van der Waals surface area contributed by atoms with Gasteiger partial charge in [-0.3, -0.25) is 19.7 Å². The molecule has 0 spiro atoms. The Kier molecular flexibility index (Phi) is 7.72. The lowest BCUT2D eigenvalue weighted by molar-refractivity contribution is -0.384. The van der Waals surface area contributed by atoms with Gasteiger partial charge in [0.2, 0.25) is 0 Å². The van der Waals surface area contributed by atoms with Crippen LogP contribution in [0, 0.1) is 10.1 Å². The van der Waals surface area contributed by atoms with Crippen molar-refractivity contribution >= 4 is 39.1 Å². The van der Waals surface area contributed by atoms with Crippen LogP contribution in [0.2, 0.25) is 0 Å². The largest absolute Gasteiger partial charge is 0.494 e. The zero-order chi connectivity index (χ0) is 23.1. The molecule has 1 amide bonds. The average Bonchev–Trinajstić information content (AvgIpc) is 3.12. The number of methoxy groups -OCH3 is 1.